The fraction of sp³-hybridized carbons (Fsp3) is 0.500. The van der Waals surface area contributed by atoms with Crippen molar-refractivity contribution >= 4 is 41.5 Å². The molecule has 6 nitrogen and oxygen atoms in total. The molecule has 0 aliphatic carbocycles. The van der Waals surface area contributed by atoms with Crippen LogP contribution in [0.25, 0.3) is 0 Å². The number of guanidine groups is 1. The Hall–Kier alpha value is -1.32. The molecular weight excluding hydrogens is 489 g/mol. The van der Waals surface area contributed by atoms with E-state index in [9.17, 15) is 5.11 Å². The normalized spacial score (nSPS) is 14.2. The van der Waals surface area contributed by atoms with Crippen molar-refractivity contribution in [3.63, 3.8) is 0 Å². The van der Waals surface area contributed by atoms with E-state index in [0.29, 0.717) is 19.0 Å². The summed E-state index contributed by atoms with van der Waals surface area (Å²) in [6.07, 6.45) is 3.49. The Morgan fingerprint density at radius 2 is 1.82 bits per heavy atom. The van der Waals surface area contributed by atoms with Gasteiger partial charge in [0.05, 0.1) is 19.3 Å². The van der Waals surface area contributed by atoms with E-state index in [0.717, 1.165) is 17.1 Å². The number of aromatic nitrogens is 2. The summed E-state index contributed by atoms with van der Waals surface area (Å²) >= 11 is 5.99. The van der Waals surface area contributed by atoms with Crippen molar-refractivity contribution in [3.8, 4) is 0 Å². The lowest BCUT2D eigenvalue weighted by Crippen LogP contribution is -2.45. The zero-order valence-electron chi connectivity index (χ0n) is 17.2. The molecule has 1 atom stereocenters. The van der Waals surface area contributed by atoms with Gasteiger partial charge in [-0.05, 0) is 31.5 Å². The molecule has 0 saturated heterocycles. The van der Waals surface area contributed by atoms with Crippen molar-refractivity contribution in [1.29, 1.82) is 0 Å². The minimum absolute atomic E-state index is 0. The fourth-order valence-electron chi connectivity index (χ4n) is 2.67. The maximum Gasteiger partial charge on any atom is 0.191 e. The molecule has 0 radical (unpaired) electrons. The Bertz CT molecular complexity index is 771. The third kappa shape index (κ3) is 6.93. The smallest absolute Gasteiger partial charge is 0.191 e. The average Bonchev–Trinajstić information content (AvgIpc) is 3.05. The van der Waals surface area contributed by atoms with Crippen molar-refractivity contribution in [2.75, 3.05) is 19.6 Å². The highest BCUT2D eigenvalue weighted by Gasteiger charge is 2.25. The van der Waals surface area contributed by atoms with Gasteiger partial charge in [-0.3, -0.25) is 9.67 Å². The summed E-state index contributed by atoms with van der Waals surface area (Å²) in [5.41, 5.74) is 0.748. The zero-order chi connectivity index (χ0) is 20.1. The molecule has 0 aliphatic heterocycles. The molecule has 0 bridgehead atoms. The van der Waals surface area contributed by atoms with Crippen LogP contribution < -0.4 is 10.6 Å². The second kappa shape index (κ2) is 10.5. The van der Waals surface area contributed by atoms with Crippen LogP contribution in [-0.2, 0) is 18.1 Å². The van der Waals surface area contributed by atoms with Crippen LogP contribution >= 0.6 is 35.6 Å². The summed E-state index contributed by atoms with van der Waals surface area (Å²) in [5, 5.41) is 22.1. The van der Waals surface area contributed by atoms with Crippen LogP contribution in [0.15, 0.2) is 41.7 Å². The number of hydrogen-bond acceptors (Lipinski definition) is 3. The molecule has 3 N–H and O–H groups in total. The highest BCUT2D eigenvalue weighted by atomic mass is 127. The van der Waals surface area contributed by atoms with Gasteiger partial charge in [-0.2, -0.15) is 5.10 Å². The first-order chi connectivity index (χ1) is 12.6. The van der Waals surface area contributed by atoms with Crippen LogP contribution in [0.4, 0.5) is 0 Å². The molecule has 156 valence electrons. The van der Waals surface area contributed by atoms with E-state index in [4.69, 9.17) is 16.6 Å². The van der Waals surface area contributed by atoms with Gasteiger partial charge in [0.15, 0.2) is 5.96 Å². The third-order valence-corrected chi connectivity index (χ3v) is 4.78. The molecule has 1 aromatic carbocycles. The van der Waals surface area contributed by atoms with E-state index in [2.05, 4.69) is 29.6 Å². The first kappa shape index (κ1) is 24.7. The molecule has 0 saturated carbocycles. The molecule has 1 heterocycles. The summed E-state index contributed by atoms with van der Waals surface area (Å²) in [6, 6.07) is 7.87. The fourth-order valence-corrected chi connectivity index (χ4v) is 2.79. The van der Waals surface area contributed by atoms with Crippen molar-refractivity contribution < 1.29 is 5.11 Å². The Labute approximate surface area is 189 Å². The van der Waals surface area contributed by atoms with Crippen LogP contribution in [0, 0.1) is 0 Å². The van der Waals surface area contributed by atoms with Crippen molar-refractivity contribution in [2.45, 2.75) is 38.7 Å². The van der Waals surface area contributed by atoms with Gasteiger partial charge in [0.2, 0.25) is 0 Å². The van der Waals surface area contributed by atoms with Crippen molar-refractivity contribution in [2.24, 2.45) is 12.0 Å². The topological polar surface area (TPSA) is 74.5 Å². The van der Waals surface area contributed by atoms with Crippen molar-refractivity contribution in [1.82, 2.24) is 20.4 Å². The highest BCUT2D eigenvalue weighted by molar-refractivity contribution is 14.0. The number of aryl methyl sites for hydroxylation is 1. The Morgan fingerprint density at radius 1 is 1.18 bits per heavy atom. The van der Waals surface area contributed by atoms with E-state index in [-0.39, 0.29) is 29.4 Å². The van der Waals surface area contributed by atoms with Crippen molar-refractivity contribution in [3.05, 3.63) is 52.8 Å². The first-order valence-corrected chi connectivity index (χ1v) is 9.51. The Kier molecular flexibility index (Phi) is 9.23. The summed E-state index contributed by atoms with van der Waals surface area (Å²) in [6.45, 7) is 9.73. The van der Waals surface area contributed by atoms with E-state index < -0.39 is 5.60 Å². The minimum Gasteiger partial charge on any atom is -0.383 e. The molecule has 0 amide bonds. The summed E-state index contributed by atoms with van der Waals surface area (Å²) < 4.78 is 1.68. The number of rotatable bonds is 7. The maximum absolute atomic E-state index is 10.7. The monoisotopic (exact) mass is 519 g/mol. The molecule has 0 spiro atoms. The van der Waals surface area contributed by atoms with Gasteiger partial charge in [0, 0.05) is 35.8 Å². The SMILES string of the molecule is CCNC(=NCC(C)(C)c1ccc(Cl)cc1)NCC(C)(O)c1cnn(C)c1.I. The third-order valence-electron chi connectivity index (χ3n) is 4.53. The number of halogens is 2. The predicted molar refractivity (Wildman–Crippen MR) is 127 cm³/mol. The summed E-state index contributed by atoms with van der Waals surface area (Å²) in [7, 11) is 1.83. The highest BCUT2D eigenvalue weighted by Crippen LogP contribution is 2.25. The molecule has 1 unspecified atom stereocenters. The molecule has 2 aromatic rings. The molecule has 2 rings (SSSR count). The van der Waals surface area contributed by atoms with E-state index in [1.807, 2.05) is 44.4 Å². The minimum atomic E-state index is -1.05. The Balaban J connectivity index is 0.00000392. The lowest BCUT2D eigenvalue weighted by molar-refractivity contribution is 0.0616. The van der Waals surface area contributed by atoms with Crippen LogP contribution in [0.3, 0.4) is 0 Å². The van der Waals surface area contributed by atoms with Gasteiger partial charge in [0.1, 0.15) is 5.60 Å². The second-order valence-electron chi connectivity index (χ2n) is 7.62. The molecule has 0 fully saturated rings. The van der Waals surface area contributed by atoms with Crippen LogP contribution in [0.5, 0.6) is 0 Å². The van der Waals surface area contributed by atoms with E-state index in [1.165, 1.54) is 5.56 Å². The van der Waals surface area contributed by atoms with Gasteiger partial charge in [-0.1, -0.05) is 37.6 Å². The van der Waals surface area contributed by atoms with Crippen LogP contribution in [0.1, 0.15) is 38.8 Å². The number of hydrogen-bond donors (Lipinski definition) is 3. The number of benzene rings is 1. The molecule has 0 aliphatic rings. The lowest BCUT2D eigenvalue weighted by atomic mass is 9.85. The Morgan fingerprint density at radius 3 is 2.36 bits per heavy atom. The first-order valence-electron chi connectivity index (χ1n) is 9.14. The standard InChI is InChI=1S/C20H30ClN5O.HI/c1-6-22-18(24-14-20(4,27)16-11-25-26(5)12-16)23-13-19(2,3)15-7-9-17(21)10-8-15;/h7-12,27H,6,13-14H2,1-5H3,(H2,22,23,24);1H. The van der Waals surface area contributed by atoms with Gasteiger partial charge in [0.25, 0.3) is 0 Å². The lowest BCUT2D eigenvalue weighted by Gasteiger charge is -2.26. The number of nitrogens with one attached hydrogen (secondary N) is 2. The van der Waals surface area contributed by atoms with Crippen LogP contribution in [0.2, 0.25) is 5.02 Å². The predicted octanol–water partition coefficient (Wildman–Crippen LogP) is 3.43. The molecule has 28 heavy (non-hydrogen) atoms. The van der Waals surface area contributed by atoms with Gasteiger partial charge < -0.3 is 15.7 Å². The van der Waals surface area contributed by atoms with Crippen LogP contribution in [-0.4, -0.2) is 40.5 Å². The maximum atomic E-state index is 10.7. The molecular formula is C20H31ClIN5O. The largest absolute Gasteiger partial charge is 0.383 e. The zero-order valence-corrected chi connectivity index (χ0v) is 20.2. The second-order valence-corrected chi connectivity index (χ2v) is 8.05. The van der Waals surface area contributed by atoms with E-state index in [1.54, 1.807) is 17.8 Å². The molecule has 8 heteroatoms. The van der Waals surface area contributed by atoms with Gasteiger partial charge in [-0.25, -0.2) is 0 Å². The quantitative estimate of drug-likeness (QED) is 0.298. The molecule has 1 aromatic heterocycles. The number of aliphatic hydroxyl groups is 1. The number of nitrogens with zero attached hydrogens (tertiary/aromatic N) is 3. The average molecular weight is 520 g/mol. The van der Waals surface area contributed by atoms with E-state index >= 15 is 0 Å². The summed E-state index contributed by atoms with van der Waals surface area (Å²) in [4.78, 5) is 4.72. The van der Waals surface area contributed by atoms with Gasteiger partial charge in [-0.15, -0.1) is 24.0 Å². The van der Waals surface area contributed by atoms with Gasteiger partial charge >= 0.3 is 0 Å². The summed E-state index contributed by atoms with van der Waals surface area (Å²) in [5.74, 6) is 0.670. The number of aliphatic imine (C=N–C) groups is 1.